The molecule has 1 heterocycles. The van der Waals surface area contributed by atoms with Crippen molar-refractivity contribution in [3.63, 3.8) is 0 Å². The van der Waals surface area contributed by atoms with Crippen LogP contribution in [0, 0.1) is 17.6 Å². The fraction of sp³-hybridized carbons (Fsp3) is 0.647. The molecule has 5 heteroatoms. The molecule has 3 nitrogen and oxygen atoms in total. The zero-order chi connectivity index (χ0) is 15.5. The van der Waals surface area contributed by atoms with Crippen molar-refractivity contribution in [3.05, 3.63) is 29.3 Å². The number of hydrogen-bond donors (Lipinski definition) is 2. The quantitative estimate of drug-likeness (QED) is 0.900. The van der Waals surface area contributed by atoms with Crippen LogP contribution in [0.25, 0.3) is 0 Å². The molecule has 0 amide bonds. The average Bonchev–Trinajstić information content (AvgIpc) is 2.52. The Balaban J connectivity index is 1.96. The lowest BCUT2D eigenvalue weighted by Crippen LogP contribution is -2.47. The fourth-order valence-corrected chi connectivity index (χ4v) is 3.99. The smallest absolute Gasteiger partial charge is 0.134 e. The normalized spacial score (nSPS) is 22.6. The molecule has 1 atom stereocenters. The lowest BCUT2D eigenvalue weighted by atomic mass is 9.79. The molecule has 3 rings (SSSR count). The third kappa shape index (κ3) is 3.25. The van der Waals surface area contributed by atoms with E-state index in [2.05, 4.69) is 10.2 Å². The summed E-state index contributed by atoms with van der Waals surface area (Å²) in [6.07, 6.45) is 5.62. The van der Waals surface area contributed by atoms with Crippen LogP contribution in [0.3, 0.4) is 0 Å². The van der Waals surface area contributed by atoms with Gasteiger partial charge in [-0.3, -0.25) is 4.90 Å². The van der Waals surface area contributed by atoms with Gasteiger partial charge in [-0.05, 0) is 18.8 Å². The van der Waals surface area contributed by atoms with E-state index in [1.807, 2.05) is 0 Å². The SMILES string of the molecule is Oc1cc(F)cc(F)c1[C@H](C1CCCCC1)N1CCNCC1. The van der Waals surface area contributed by atoms with Gasteiger partial charge in [-0.1, -0.05) is 19.3 Å². The first-order chi connectivity index (χ1) is 10.7. The van der Waals surface area contributed by atoms with Crippen LogP contribution in [0.4, 0.5) is 8.78 Å². The molecule has 1 saturated heterocycles. The Hall–Kier alpha value is -1.20. The number of benzene rings is 1. The van der Waals surface area contributed by atoms with Crippen molar-refractivity contribution in [2.45, 2.75) is 38.1 Å². The summed E-state index contributed by atoms with van der Waals surface area (Å²) in [5, 5.41) is 13.5. The summed E-state index contributed by atoms with van der Waals surface area (Å²) in [4.78, 5) is 2.25. The highest BCUT2D eigenvalue weighted by Gasteiger charge is 2.34. The zero-order valence-corrected chi connectivity index (χ0v) is 12.8. The third-order valence-corrected chi connectivity index (χ3v) is 5.01. The average molecular weight is 310 g/mol. The van der Waals surface area contributed by atoms with Gasteiger partial charge in [-0.25, -0.2) is 8.78 Å². The Bertz CT molecular complexity index is 470. The van der Waals surface area contributed by atoms with E-state index >= 15 is 0 Å². The highest BCUT2D eigenvalue weighted by atomic mass is 19.1. The number of hydrogen-bond acceptors (Lipinski definition) is 3. The van der Waals surface area contributed by atoms with Gasteiger partial charge < -0.3 is 10.4 Å². The first-order valence-corrected chi connectivity index (χ1v) is 8.29. The summed E-state index contributed by atoms with van der Waals surface area (Å²) in [5.74, 6) is -1.25. The molecule has 2 N–H and O–H groups in total. The topological polar surface area (TPSA) is 35.5 Å². The molecule has 1 aliphatic carbocycles. The van der Waals surface area contributed by atoms with Gasteiger partial charge in [0.1, 0.15) is 17.4 Å². The van der Waals surface area contributed by atoms with Crippen molar-refractivity contribution >= 4 is 0 Å². The van der Waals surface area contributed by atoms with Crippen molar-refractivity contribution in [1.29, 1.82) is 0 Å². The molecule has 0 radical (unpaired) electrons. The van der Waals surface area contributed by atoms with Crippen molar-refractivity contribution in [2.24, 2.45) is 5.92 Å². The van der Waals surface area contributed by atoms with Crippen LogP contribution in [0.2, 0.25) is 0 Å². The van der Waals surface area contributed by atoms with E-state index in [0.717, 1.165) is 64.0 Å². The largest absolute Gasteiger partial charge is 0.507 e. The lowest BCUT2D eigenvalue weighted by Gasteiger charge is -2.41. The molecule has 0 bridgehead atoms. The van der Waals surface area contributed by atoms with Gasteiger partial charge in [0.2, 0.25) is 0 Å². The zero-order valence-electron chi connectivity index (χ0n) is 12.8. The molecular formula is C17H24F2N2O. The van der Waals surface area contributed by atoms with Crippen molar-refractivity contribution in [2.75, 3.05) is 26.2 Å². The van der Waals surface area contributed by atoms with E-state index < -0.39 is 11.6 Å². The number of halogens is 2. The molecule has 2 aliphatic rings. The number of nitrogens with zero attached hydrogens (tertiary/aromatic N) is 1. The summed E-state index contributed by atoms with van der Waals surface area (Å²) in [5.41, 5.74) is 0.287. The van der Waals surface area contributed by atoms with Crippen LogP contribution >= 0.6 is 0 Å². The maximum Gasteiger partial charge on any atom is 0.134 e. The second-order valence-electron chi connectivity index (χ2n) is 6.45. The number of nitrogens with one attached hydrogen (secondary N) is 1. The Morgan fingerprint density at radius 3 is 2.41 bits per heavy atom. The summed E-state index contributed by atoms with van der Waals surface area (Å²) in [6, 6.07) is 1.78. The first kappa shape index (κ1) is 15.7. The molecule has 2 fully saturated rings. The Labute approximate surface area is 130 Å². The Kier molecular flexibility index (Phi) is 4.93. The number of phenols is 1. The van der Waals surface area contributed by atoms with Crippen LogP contribution in [0.5, 0.6) is 5.75 Å². The van der Waals surface area contributed by atoms with Gasteiger partial charge in [-0.2, -0.15) is 0 Å². The maximum atomic E-state index is 14.4. The van der Waals surface area contributed by atoms with Gasteiger partial charge >= 0.3 is 0 Å². The van der Waals surface area contributed by atoms with E-state index in [0.29, 0.717) is 5.92 Å². The number of phenolic OH excluding ortho intramolecular Hbond substituents is 1. The molecule has 122 valence electrons. The summed E-state index contributed by atoms with van der Waals surface area (Å²) < 4.78 is 27.8. The molecule has 0 spiro atoms. The summed E-state index contributed by atoms with van der Waals surface area (Å²) in [6.45, 7) is 3.40. The maximum absolute atomic E-state index is 14.4. The van der Waals surface area contributed by atoms with E-state index in [1.54, 1.807) is 0 Å². The fourth-order valence-electron chi connectivity index (χ4n) is 3.99. The first-order valence-electron chi connectivity index (χ1n) is 8.29. The number of piperazine rings is 1. The lowest BCUT2D eigenvalue weighted by molar-refractivity contribution is 0.0983. The van der Waals surface area contributed by atoms with Crippen molar-refractivity contribution < 1.29 is 13.9 Å². The summed E-state index contributed by atoms with van der Waals surface area (Å²) >= 11 is 0. The molecule has 1 saturated carbocycles. The van der Waals surface area contributed by atoms with E-state index in [-0.39, 0.29) is 17.4 Å². The standard InChI is InChI=1S/C17H24F2N2O/c18-13-10-14(19)16(15(22)11-13)17(12-4-2-1-3-5-12)21-8-6-20-7-9-21/h10-12,17,20,22H,1-9H2/t17-/m0/s1. The Morgan fingerprint density at radius 1 is 1.09 bits per heavy atom. The van der Waals surface area contributed by atoms with Crippen LogP contribution in [-0.2, 0) is 0 Å². The van der Waals surface area contributed by atoms with Gasteiger partial charge in [0, 0.05) is 49.9 Å². The highest BCUT2D eigenvalue weighted by molar-refractivity contribution is 5.37. The van der Waals surface area contributed by atoms with Gasteiger partial charge in [0.05, 0.1) is 0 Å². The number of rotatable bonds is 3. The second kappa shape index (κ2) is 6.92. The number of aromatic hydroxyl groups is 1. The highest BCUT2D eigenvalue weighted by Crippen LogP contribution is 2.42. The summed E-state index contributed by atoms with van der Waals surface area (Å²) in [7, 11) is 0. The minimum Gasteiger partial charge on any atom is -0.507 e. The minimum atomic E-state index is -0.721. The molecule has 1 aliphatic heterocycles. The van der Waals surface area contributed by atoms with Crippen LogP contribution in [0.1, 0.15) is 43.7 Å². The molecule has 0 aromatic heterocycles. The third-order valence-electron chi connectivity index (χ3n) is 5.01. The predicted octanol–water partition coefficient (Wildman–Crippen LogP) is 3.20. The van der Waals surface area contributed by atoms with Crippen molar-refractivity contribution in [3.8, 4) is 5.75 Å². The molecular weight excluding hydrogens is 286 g/mol. The van der Waals surface area contributed by atoms with E-state index in [1.165, 1.54) is 6.42 Å². The minimum absolute atomic E-state index is 0.150. The van der Waals surface area contributed by atoms with Gasteiger partial charge in [-0.15, -0.1) is 0 Å². The molecule has 22 heavy (non-hydrogen) atoms. The molecule has 1 aromatic rings. The van der Waals surface area contributed by atoms with E-state index in [4.69, 9.17) is 0 Å². The Morgan fingerprint density at radius 2 is 1.77 bits per heavy atom. The van der Waals surface area contributed by atoms with Gasteiger partial charge in [0.25, 0.3) is 0 Å². The molecule has 1 aromatic carbocycles. The van der Waals surface area contributed by atoms with E-state index in [9.17, 15) is 13.9 Å². The second-order valence-corrected chi connectivity index (χ2v) is 6.45. The van der Waals surface area contributed by atoms with Crippen LogP contribution in [-0.4, -0.2) is 36.2 Å². The predicted molar refractivity (Wildman–Crippen MR) is 81.8 cm³/mol. The molecule has 0 unspecified atom stereocenters. The van der Waals surface area contributed by atoms with Crippen molar-refractivity contribution in [1.82, 2.24) is 10.2 Å². The monoisotopic (exact) mass is 310 g/mol. The van der Waals surface area contributed by atoms with Gasteiger partial charge in [0.15, 0.2) is 0 Å². The van der Waals surface area contributed by atoms with Crippen LogP contribution < -0.4 is 5.32 Å². The van der Waals surface area contributed by atoms with Crippen LogP contribution in [0.15, 0.2) is 12.1 Å².